The molecule has 0 spiro atoms. The molecule has 3 rings (SSSR count). The fourth-order valence-corrected chi connectivity index (χ4v) is 4.39. The van der Waals surface area contributed by atoms with Gasteiger partial charge in [0.2, 0.25) is 11.1 Å². The maximum atomic E-state index is 14.9. The molecule has 0 bridgehead atoms. The number of allylic oxidation sites excluding steroid dienone is 1. The smallest absolute Gasteiger partial charge is 0.284 e. The van der Waals surface area contributed by atoms with Gasteiger partial charge < -0.3 is 11.1 Å². The van der Waals surface area contributed by atoms with Crippen molar-refractivity contribution in [2.45, 2.75) is 11.8 Å². The molecule has 0 heterocycles. The number of carbonyl (C=O) groups is 1. The van der Waals surface area contributed by atoms with Crippen molar-refractivity contribution in [3.63, 3.8) is 0 Å². The molecule has 170 valence electrons. The second-order valence-electron chi connectivity index (χ2n) is 6.91. The summed E-state index contributed by atoms with van der Waals surface area (Å²) in [6.07, 6.45) is 0. The van der Waals surface area contributed by atoms with E-state index in [9.17, 15) is 13.4 Å². The maximum Gasteiger partial charge on any atom is 0.284 e. The Bertz CT molecular complexity index is 1300. The summed E-state index contributed by atoms with van der Waals surface area (Å²) >= 11 is 0.197. The Hall–Kier alpha value is -2.93. The molecule has 0 aliphatic heterocycles. The van der Waals surface area contributed by atoms with Gasteiger partial charge in [-0.1, -0.05) is 42.5 Å². The van der Waals surface area contributed by atoms with Crippen LogP contribution >= 0.6 is 22.6 Å². The van der Waals surface area contributed by atoms with Crippen LogP contribution in [0.5, 0.6) is 0 Å². The number of nitrogens with two attached hydrogens (primary N) is 2. The van der Waals surface area contributed by atoms with Crippen LogP contribution in [0.2, 0.25) is 0 Å². The van der Waals surface area contributed by atoms with E-state index < -0.39 is 22.8 Å². The summed E-state index contributed by atoms with van der Waals surface area (Å²) in [5.74, 6) is 3.08. The average Bonchev–Trinajstić information content (AvgIpc) is 2.83. The Morgan fingerprint density at radius 3 is 2.45 bits per heavy atom. The normalized spacial score (nSPS) is 12.6. The number of hydrogen-bond acceptors (Lipinski definition) is 5. The fourth-order valence-electron chi connectivity index (χ4n) is 3.08. The van der Waals surface area contributed by atoms with Crippen molar-refractivity contribution in [1.29, 1.82) is 5.41 Å². The maximum absolute atomic E-state index is 14.9. The average molecular weight is 578 g/mol. The minimum absolute atomic E-state index is 0.125. The van der Waals surface area contributed by atoms with E-state index in [-0.39, 0.29) is 11.4 Å². The number of carbonyl (C=O) groups excluding carboxylic acids is 1. The minimum Gasteiger partial charge on any atom is -0.384 e. The zero-order valence-electron chi connectivity index (χ0n) is 17.4. The summed E-state index contributed by atoms with van der Waals surface area (Å²) in [7, 11) is 0. The fraction of sp³-hybridized carbons (Fsp3) is 0.0435. The highest BCUT2D eigenvalue weighted by atomic mass is 127. The van der Waals surface area contributed by atoms with Crippen LogP contribution in [-0.2, 0) is 20.2 Å². The molecule has 7 nitrogen and oxygen atoms in total. The predicted octanol–water partition coefficient (Wildman–Crippen LogP) is 4.49. The van der Waals surface area contributed by atoms with E-state index in [1.807, 2.05) is 22.6 Å². The summed E-state index contributed by atoms with van der Waals surface area (Å²) < 4.78 is 32.0. The van der Waals surface area contributed by atoms with Crippen molar-refractivity contribution in [2.75, 3.05) is 5.32 Å². The molecule has 10 heteroatoms. The van der Waals surface area contributed by atoms with Gasteiger partial charge in [0.25, 0.3) is 5.91 Å². The highest BCUT2D eigenvalue weighted by molar-refractivity contribution is 14.1. The Morgan fingerprint density at radius 1 is 1.09 bits per heavy atom. The second-order valence-corrected chi connectivity index (χ2v) is 9.17. The first-order chi connectivity index (χ1) is 15.7. The van der Waals surface area contributed by atoms with Gasteiger partial charge >= 0.3 is 0 Å². The molecular formula is C23H20FIN4O3S. The highest BCUT2D eigenvalue weighted by Crippen LogP contribution is 2.31. The van der Waals surface area contributed by atoms with Crippen LogP contribution in [-0.4, -0.2) is 16.0 Å². The number of nitrogens with one attached hydrogen (secondary N) is 2. The van der Waals surface area contributed by atoms with Gasteiger partial charge in [-0.15, -0.1) is 0 Å². The first kappa shape index (κ1) is 24.7. The number of benzene rings is 3. The molecule has 0 fully saturated rings. The van der Waals surface area contributed by atoms with E-state index >= 15 is 0 Å². The molecule has 1 atom stereocenters. The molecule has 3 aromatic rings. The van der Waals surface area contributed by atoms with E-state index in [2.05, 4.69) is 9.60 Å². The number of rotatable bonds is 7. The zero-order valence-corrected chi connectivity index (χ0v) is 20.4. The quantitative estimate of drug-likeness (QED) is 0.108. The molecule has 33 heavy (non-hydrogen) atoms. The predicted molar refractivity (Wildman–Crippen MR) is 136 cm³/mol. The van der Waals surface area contributed by atoms with Crippen LogP contribution in [0.4, 0.5) is 10.1 Å². The van der Waals surface area contributed by atoms with Gasteiger partial charge in [0.05, 0.1) is 10.6 Å². The monoisotopic (exact) mass is 578 g/mol. The molecule has 1 unspecified atom stereocenters. The lowest BCUT2D eigenvalue weighted by molar-refractivity contribution is -0.114. The summed E-state index contributed by atoms with van der Waals surface area (Å²) in [4.78, 5) is 13.0. The molecular weight excluding hydrogens is 558 g/mol. The van der Waals surface area contributed by atoms with Gasteiger partial charge in [-0.25, -0.2) is 8.60 Å². The van der Waals surface area contributed by atoms with Gasteiger partial charge in [0.1, 0.15) is 5.84 Å². The van der Waals surface area contributed by atoms with Crippen molar-refractivity contribution >= 4 is 56.7 Å². The largest absolute Gasteiger partial charge is 0.384 e. The zero-order chi connectivity index (χ0) is 24.1. The minimum atomic E-state index is -1.83. The lowest BCUT2D eigenvalue weighted by Gasteiger charge is -2.12. The molecule has 6 N–H and O–H groups in total. The van der Waals surface area contributed by atoms with Crippen molar-refractivity contribution in [2.24, 2.45) is 11.6 Å². The van der Waals surface area contributed by atoms with Gasteiger partial charge in [-0.3, -0.25) is 10.2 Å². The lowest BCUT2D eigenvalue weighted by Crippen LogP contribution is -2.14. The molecule has 0 radical (unpaired) electrons. The van der Waals surface area contributed by atoms with Crippen LogP contribution in [0, 0.1) is 8.98 Å². The molecule has 0 aliphatic rings. The van der Waals surface area contributed by atoms with Crippen LogP contribution in [0.1, 0.15) is 18.1 Å². The lowest BCUT2D eigenvalue weighted by atomic mass is 10.0. The van der Waals surface area contributed by atoms with Gasteiger partial charge in [0.15, 0.2) is 5.83 Å². The molecule has 1 amide bonds. The standard InChI is InChI=1S/C23H20FIN4O3S/c1-13(14-5-4-6-16(11-14)22(26)27)21(24)23(30)29-19-10-9-15(12-18(19)25)17-7-2-3-8-20(17)33(31)32-28/h2-12H,28H2,1H3,(H3,26,27)(H,29,30). The van der Waals surface area contributed by atoms with Crippen molar-refractivity contribution in [3.05, 3.63) is 87.3 Å². The number of anilines is 1. The van der Waals surface area contributed by atoms with E-state index in [0.29, 0.717) is 30.8 Å². The molecule has 0 aliphatic carbocycles. The summed E-state index contributed by atoms with van der Waals surface area (Å²) in [5.41, 5.74) is 8.30. The number of amides is 1. The van der Waals surface area contributed by atoms with Gasteiger partial charge in [0, 0.05) is 14.7 Å². The number of nitrogen functional groups attached to an aromatic ring is 1. The Labute approximate surface area is 206 Å². The van der Waals surface area contributed by atoms with Crippen LogP contribution in [0.25, 0.3) is 16.7 Å². The SMILES string of the molecule is CC(=C(F)C(=O)Nc1ccc(-c2ccccc2S(=O)ON)cc1I)c1cccc(C(=N)N)c1. The van der Waals surface area contributed by atoms with E-state index in [0.717, 1.165) is 5.56 Å². The molecule has 0 saturated carbocycles. The van der Waals surface area contributed by atoms with Crippen molar-refractivity contribution in [3.8, 4) is 11.1 Å². The van der Waals surface area contributed by atoms with Crippen LogP contribution < -0.4 is 16.9 Å². The third kappa shape index (κ3) is 5.71. The first-order valence-electron chi connectivity index (χ1n) is 9.53. The summed E-state index contributed by atoms with van der Waals surface area (Å²) in [5, 5.41) is 10.1. The number of amidine groups is 1. The summed E-state index contributed by atoms with van der Waals surface area (Å²) in [6, 6.07) is 18.5. The topological polar surface area (TPSA) is 131 Å². The van der Waals surface area contributed by atoms with E-state index in [1.165, 1.54) is 6.92 Å². The van der Waals surface area contributed by atoms with Crippen LogP contribution in [0.15, 0.2) is 77.5 Å². The number of hydrogen-bond donors (Lipinski definition) is 4. The number of halogens is 2. The highest BCUT2D eigenvalue weighted by Gasteiger charge is 2.17. The third-order valence-electron chi connectivity index (χ3n) is 4.82. The first-order valence-corrected chi connectivity index (χ1v) is 11.7. The van der Waals surface area contributed by atoms with Crippen molar-refractivity contribution in [1.82, 2.24) is 0 Å². The van der Waals surface area contributed by atoms with Gasteiger partial charge in [-0.05, 0) is 70.5 Å². The van der Waals surface area contributed by atoms with E-state index in [1.54, 1.807) is 66.7 Å². The summed E-state index contributed by atoms with van der Waals surface area (Å²) in [6.45, 7) is 1.48. The molecule has 3 aromatic carbocycles. The third-order valence-corrected chi connectivity index (χ3v) is 6.60. The Kier molecular flexibility index (Phi) is 8.08. The van der Waals surface area contributed by atoms with Crippen molar-refractivity contribution < 1.29 is 17.7 Å². The molecule has 0 aromatic heterocycles. The van der Waals surface area contributed by atoms with Gasteiger partial charge in [-0.2, -0.15) is 10.2 Å². The van der Waals surface area contributed by atoms with Crippen LogP contribution in [0.3, 0.4) is 0 Å². The van der Waals surface area contributed by atoms with E-state index in [4.69, 9.17) is 17.0 Å². The second kappa shape index (κ2) is 10.8. The Balaban J connectivity index is 1.87. The Morgan fingerprint density at radius 2 is 1.79 bits per heavy atom. The molecule has 0 saturated heterocycles.